The van der Waals surface area contributed by atoms with E-state index in [1.807, 2.05) is 39.1 Å². The average molecular weight is 266 g/mol. The smallest absolute Gasteiger partial charge is 0.304 e. The van der Waals surface area contributed by atoms with Crippen LogP contribution in [0.4, 0.5) is 0 Å². The second-order valence-electron chi connectivity index (χ2n) is 5.31. The van der Waals surface area contributed by atoms with Gasteiger partial charge in [-0.25, -0.2) is 0 Å². The highest BCUT2D eigenvalue weighted by Crippen LogP contribution is 2.34. The minimum absolute atomic E-state index is 0.0817. The molecule has 0 unspecified atom stereocenters. The molecule has 1 aromatic heterocycles. The molecule has 1 heterocycles. The first-order valence-electron chi connectivity index (χ1n) is 5.81. The van der Waals surface area contributed by atoms with E-state index >= 15 is 0 Å². The number of carboxylic acid groups (broad SMARTS) is 1. The molecule has 18 heavy (non-hydrogen) atoms. The van der Waals surface area contributed by atoms with Crippen LogP contribution in [0.25, 0.3) is 10.9 Å². The van der Waals surface area contributed by atoms with Gasteiger partial charge >= 0.3 is 5.97 Å². The highest BCUT2D eigenvalue weighted by atomic mass is 35.5. The topological polar surface area (TPSA) is 53.1 Å². The summed E-state index contributed by atoms with van der Waals surface area (Å²) >= 11 is 6.24. The Hall–Kier alpha value is -1.48. The quantitative estimate of drug-likeness (QED) is 0.885. The first-order valence-corrected chi connectivity index (χ1v) is 6.18. The number of halogens is 1. The van der Waals surface area contributed by atoms with Crippen LogP contribution in [0.3, 0.4) is 0 Å². The third-order valence-electron chi connectivity index (χ3n) is 3.32. The van der Waals surface area contributed by atoms with Crippen molar-refractivity contribution in [1.29, 1.82) is 0 Å². The molecule has 0 aliphatic heterocycles. The Bertz CT molecular complexity index is 614. The number of fused-ring (bicyclic) bond motifs is 1. The van der Waals surface area contributed by atoms with Crippen molar-refractivity contribution >= 4 is 28.5 Å². The summed E-state index contributed by atoms with van der Waals surface area (Å²) < 4.78 is 0. The third-order valence-corrected chi connectivity index (χ3v) is 3.62. The maximum atomic E-state index is 10.9. The molecule has 0 saturated heterocycles. The summed E-state index contributed by atoms with van der Waals surface area (Å²) in [5.74, 6) is -0.804. The SMILES string of the molecule is Cc1c[nH]c2c(Cl)cc(C(C)(C)CC(=O)O)cc12. The molecule has 0 fully saturated rings. The molecule has 0 radical (unpaired) electrons. The van der Waals surface area contributed by atoms with Crippen LogP contribution in [0.2, 0.25) is 5.02 Å². The molecular weight excluding hydrogens is 250 g/mol. The van der Waals surface area contributed by atoms with E-state index in [9.17, 15) is 4.79 Å². The predicted molar refractivity (Wildman–Crippen MR) is 73.3 cm³/mol. The molecule has 4 heteroatoms. The molecule has 2 rings (SSSR count). The zero-order valence-electron chi connectivity index (χ0n) is 10.7. The van der Waals surface area contributed by atoms with Gasteiger partial charge in [0.2, 0.25) is 0 Å². The van der Waals surface area contributed by atoms with Gasteiger partial charge in [0.1, 0.15) is 0 Å². The molecule has 0 aliphatic rings. The van der Waals surface area contributed by atoms with Gasteiger partial charge in [0.15, 0.2) is 0 Å². The lowest BCUT2D eigenvalue weighted by Gasteiger charge is -2.23. The Labute approximate surface area is 111 Å². The van der Waals surface area contributed by atoms with Crippen molar-refractivity contribution in [2.24, 2.45) is 0 Å². The van der Waals surface area contributed by atoms with Crippen molar-refractivity contribution in [3.63, 3.8) is 0 Å². The van der Waals surface area contributed by atoms with Gasteiger partial charge in [0.05, 0.1) is 17.0 Å². The van der Waals surface area contributed by atoms with Gasteiger partial charge in [-0.2, -0.15) is 0 Å². The Balaban J connectivity index is 2.58. The highest BCUT2D eigenvalue weighted by Gasteiger charge is 2.25. The number of H-pyrrole nitrogens is 1. The third kappa shape index (κ3) is 2.23. The summed E-state index contributed by atoms with van der Waals surface area (Å²) in [6.45, 7) is 5.84. The van der Waals surface area contributed by atoms with Crippen LogP contribution in [0, 0.1) is 6.92 Å². The minimum atomic E-state index is -0.804. The van der Waals surface area contributed by atoms with E-state index in [4.69, 9.17) is 16.7 Å². The predicted octanol–water partition coefficient (Wildman–Crippen LogP) is 3.88. The number of aromatic amines is 1. The van der Waals surface area contributed by atoms with Gasteiger partial charge in [-0.3, -0.25) is 4.79 Å². The highest BCUT2D eigenvalue weighted by molar-refractivity contribution is 6.35. The van der Waals surface area contributed by atoms with E-state index in [2.05, 4.69) is 4.98 Å². The number of aromatic nitrogens is 1. The van der Waals surface area contributed by atoms with Crippen LogP contribution in [0.1, 0.15) is 31.4 Å². The molecule has 96 valence electrons. The van der Waals surface area contributed by atoms with E-state index in [1.165, 1.54) is 0 Å². The fourth-order valence-electron chi connectivity index (χ4n) is 2.19. The summed E-state index contributed by atoms with van der Waals surface area (Å²) in [5.41, 5.74) is 2.53. The summed E-state index contributed by atoms with van der Waals surface area (Å²) in [6, 6.07) is 3.87. The number of hydrogen-bond donors (Lipinski definition) is 2. The normalized spacial score (nSPS) is 12.0. The summed E-state index contributed by atoms with van der Waals surface area (Å²) in [7, 11) is 0. The molecule has 0 aliphatic carbocycles. The fourth-order valence-corrected chi connectivity index (χ4v) is 2.47. The molecule has 0 spiro atoms. The van der Waals surface area contributed by atoms with Crippen LogP contribution in [0.15, 0.2) is 18.3 Å². The van der Waals surface area contributed by atoms with E-state index in [-0.39, 0.29) is 6.42 Å². The van der Waals surface area contributed by atoms with E-state index in [0.717, 1.165) is 22.0 Å². The molecule has 1 aromatic carbocycles. The lowest BCUT2D eigenvalue weighted by atomic mass is 9.81. The maximum absolute atomic E-state index is 10.9. The second kappa shape index (κ2) is 4.32. The van der Waals surface area contributed by atoms with Crippen molar-refractivity contribution < 1.29 is 9.90 Å². The van der Waals surface area contributed by atoms with Crippen molar-refractivity contribution in [3.05, 3.63) is 34.5 Å². The second-order valence-corrected chi connectivity index (χ2v) is 5.71. The minimum Gasteiger partial charge on any atom is -0.481 e. The van der Waals surface area contributed by atoms with Crippen molar-refractivity contribution in [2.45, 2.75) is 32.6 Å². The summed E-state index contributed by atoms with van der Waals surface area (Å²) in [5, 5.41) is 10.7. The van der Waals surface area contributed by atoms with Crippen molar-refractivity contribution in [1.82, 2.24) is 4.98 Å². The summed E-state index contributed by atoms with van der Waals surface area (Å²) in [4.78, 5) is 14.0. The zero-order chi connectivity index (χ0) is 13.5. The van der Waals surface area contributed by atoms with Gasteiger partial charge < -0.3 is 10.1 Å². The van der Waals surface area contributed by atoms with Crippen LogP contribution in [-0.2, 0) is 10.2 Å². The van der Waals surface area contributed by atoms with E-state index in [0.29, 0.717) is 5.02 Å². The lowest BCUT2D eigenvalue weighted by Crippen LogP contribution is -2.21. The number of carbonyl (C=O) groups is 1. The molecule has 0 saturated carbocycles. The van der Waals surface area contributed by atoms with Gasteiger partial charge in [-0.1, -0.05) is 25.4 Å². The van der Waals surface area contributed by atoms with Crippen LogP contribution in [0.5, 0.6) is 0 Å². The molecular formula is C14H16ClNO2. The Kier molecular flexibility index (Phi) is 3.11. The van der Waals surface area contributed by atoms with Gasteiger partial charge in [0.25, 0.3) is 0 Å². The number of nitrogens with one attached hydrogen (secondary N) is 1. The van der Waals surface area contributed by atoms with E-state index < -0.39 is 11.4 Å². The van der Waals surface area contributed by atoms with Crippen LogP contribution >= 0.6 is 11.6 Å². The first kappa shape index (κ1) is 13.0. The molecule has 2 N–H and O–H groups in total. The molecule has 0 amide bonds. The van der Waals surface area contributed by atoms with Crippen LogP contribution in [-0.4, -0.2) is 16.1 Å². The number of benzene rings is 1. The van der Waals surface area contributed by atoms with Crippen molar-refractivity contribution in [2.75, 3.05) is 0 Å². The number of aryl methyl sites for hydroxylation is 1. The first-order chi connectivity index (χ1) is 8.31. The van der Waals surface area contributed by atoms with Crippen LogP contribution < -0.4 is 0 Å². The van der Waals surface area contributed by atoms with E-state index in [1.54, 1.807) is 0 Å². The number of aliphatic carboxylic acids is 1. The lowest BCUT2D eigenvalue weighted by molar-refractivity contribution is -0.138. The standard InChI is InChI=1S/C14H16ClNO2/c1-8-7-16-13-10(8)4-9(5-11(13)15)14(2,3)6-12(17)18/h4-5,7,16H,6H2,1-3H3,(H,17,18). The number of carboxylic acids is 1. The largest absolute Gasteiger partial charge is 0.481 e. The average Bonchev–Trinajstić information content (AvgIpc) is 2.59. The van der Waals surface area contributed by atoms with Gasteiger partial charge in [-0.05, 0) is 30.2 Å². The molecule has 0 bridgehead atoms. The number of hydrogen-bond acceptors (Lipinski definition) is 1. The number of rotatable bonds is 3. The molecule has 3 nitrogen and oxygen atoms in total. The molecule has 2 aromatic rings. The fraction of sp³-hybridized carbons (Fsp3) is 0.357. The summed E-state index contributed by atoms with van der Waals surface area (Å²) in [6.07, 6.45) is 1.99. The Morgan fingerprint density at radius 1 is 1.44 bits per heavy atom. The van der Waals surface area contributed by atoms with Crippen molar-refractivity contribution in [3.8, 4) is 0 Å². The molecule has 0 atom stereocenters. The maximum Gasteiger partial charge on any atom is 0.304 e. The van der Waals surface area contributed by atoms with Gasteiger partial charge in [0, 0.05) is 17.0 Å². The Morgan fingerprint density at radius 3 is 2.72 bits per heavy atom. The van der Waals surface area contributed by atoms with Gasteiger partial charge in [-0.15, -0.1) is 0 Å². The Morgan fingerprint density at radius 2 is 2.11 bits per heavy atom. The zero-order valence-corrected chi connectivity index (χ0v) is 11.4. The monoisotopic (exact) mass is 265 g/mol.